The standard InChI is InChI=1S/C4H6O2.3C4H10O.Zr/c1-3(2)4(5)6;3*1-2-3-4-5;/h1H2,2H3,(H,5,6);3*5H,2-4H2,1H3;. The van der Waals surface area contributed by atoms with Gasteiger partial charge in [-0.2, -0.15) is 0 Å². The fourth-order valence-electron chi connectivity index (χ4n) is 0.474. The van der Waals surface area contributed by atoms with Crippen molar-refractivity contribution in [2.45, 2.75) is 66.2 Å². The van der Waals surface area contributed by atoms with Crippen molar-refractivity contribution in [3.63, 3.8) is 0 Å². The molecule has 22 heavy (non-hydrogen) atoms. The first kappa shape index (κ1) is 33.6. The Balaban J connectivity index is -0.0000000577. The van der Waals surface area contributed by atoms with Gasteiger partial charge in [-0.1, -0.05) is 46.6 Å². The molecule has 0 aliphatic carbocycles. The molecule has 0 heterocycles. The number of aliphatic hydroxyl groups is 3. The van der Waals surface area contributed by atoms with Crippen molar-refractivity contribution in [3.8, 4) is 0 Å². The summed E-state index contributed by atoms with van der Waals surface area (Å²) in [5.74, 6) is -0.935. The summed E-state index contributed by atoms with van der Waals surface area (Å²) in [4.78, 5) is 9.60. The van der Waals surface area contributed by atoms with Crippen molar-refractivity contribution in [1.29, 1.82) is 0 Å². The number of carboxylic acid groups (broad SMARTS) is 1. The van der Waals surface area contributed by atoms with E-state index in [1.165, 1.54) is 6.92 Å². The summed E-state index contributed by atoms with van der Waals surface area (Å²) in [7, 11) is 0. The van der Waals surface area contributed by atoms with Gasteiger partial charge in [0.25, 0.3) is 0 Å². The second-order valence-corrected chi connectivity index (χ2v) is 4.32. The predicted molar refractivity (Wildman–Crippen MR) is 88.4 cm³/mol. The van der Waals surface area contributed by atoms with E-state index in [1.54, 1.807) is 0 Å². The molecule has 0 spiro atoms. The first-order chi connectivity index (χ1) is 9.89. The number of unbranched alkanes of at least 4 members (excludes halogenated alkanes) is 3. The Hall–Kier alpha value is -0.0269. The maximum atomic E-state index is 9.60. The monoisotopic (exact) mass is 398 g/mol. The average Bonchev–Trinajstić information content (AvgIpc) is 2.43. The van der Waals surface area contributed by atoms with E-state index in [0.29, 0.717) is 19.8 Å². The van der Waals surface area contributed by atoms with Crippen LogP contribution in [0.15, 0.2) is 12.2 Å². The number of carbonyl (C=O) groups is 1. The topological polar surface area (TPSA) is 98.0 Å². The summed E-state index contributed by atoms with van der Waals surface area (Å²) in [6, 6.07) is 0. The van der Waals surface area contributed by atoms with Gasteiger partial charge in [-0.05, 0) is 26.2 Å². The van der Waals surface area contributed by atoms with Crippen LogP contribution >= 0.6 is 0 Å². The molecule has 0 aromatic heterocycles. The van der Waals surface area contributed by atoms with Crippen LogP contribution in [0.25, 0.3) is 0 Å². The van der Waals surface area contributed by atoms with Crippen molar-refractivity contribution in [2.24, 2.45) is 0 Å². The van der Waals surface area contributed by atoms with E-state index in [0.717, 1.165) is 38.5 Å². The summed E-state index contributed by atoms with van der Waals surface area (Å²) >= 11 is 0. The molecular weight excluding hydrogens is 363 g/mol. The van der Waals surface area contributed by atoms with Crippen LogP contribution in [0.3, 0.4) is 0 Å². The second-order valence-electron chi connectivity index (χ2n) is 4.32. The van der Waals surface area contributed by atoms with Crippen LogP contribution in [-0.2, 0) is 31.0 Å². The molecule has 0 atom stereocenters. The van der Waals surface area contributed by atoms with Crippen LogP contribution in [-0.4, -0.2) is 46.2 Å². The predicted octanol–water partition coefficient (Wildman–Crippen LogP) is 2.98. The van der Waals surface area contributed by atoms with Crippen molar-refractivity contribution in [2.75, 3.05) is 19.8 Å². The molecule has 0 fully saturated rings. The summed E-state index contributed by atoms with van der Waals surface area (Å²) in [5.41, 5.74) is 0.176. The molecule has 0 saturated carbocycles. The zero-order valence-corrected chi connectivity index (χ0v) is 17.2. The SMILES string of the molecule is C=C(C)C(=O)O.CCCCO.CCCCO.CCCCO.[Zr]. The largest absolute Gasteiger partial charge is 0.478 e. The summed E-state index contributed by atoms with van der Waals surface area (Å²) in [6.07, 6.45) is 6.11. The number of hydrogen-bond acceptors (Lipinski definition) is 4. The third-order valence-corrected chi connectivity index (χ3v) is 1.90. The Morgan fingerprint density at radius 3 is 1.00 bits per heavy atom. The molecule has 134 valence electrons. The van der Waals surface area contributed by atoms with Crippen LogP contribution in [0, 0.1) is 0 Å². The van der Waals surface area contributed by atoms with Gasteiger partial charge >= 0.3 is 5.97 Å². The molecule has 0 unspecified atom stereocenters. The molecule has 0 bridgehead atoms. The zero-order valence-electron chi connectivity index (χ0n) is 14.8. The van der Waals surface area contributed by atoms with Crippen molar-refractivity contribution >= 4 is 5.97 Å². The quantitative estimate of drug-likeness (QED) is 0.493. The number of aliphatic carboxylic acids is 1. The van der Waals surface area contributed by atoms with Crippen molar-refractivity contribution in [1.82, 2.24) is 0 Å². The fourth-order valence-corrected chi connectivity index (χ4v) is 0.474. The number of carboxylic acids is 1. The van der Waals surface area contributed by atoms with E-state index in [9.17, 15) is 4.79 Å². The van der Waals surface area contributed by atoms with Gasteiger partial charge in [0.2, 0.25) is 0 Å². The maximum absolute atomic E-state index is 9.60. The van der Waals surface area contributed by atoms with E-state index in [4.69, 9.17) is 20.4 Å². The molecule has 0 radical (unpaired) electrons. The Morgan fingerprint density at radius 2 is 1.00 bits per heavy atom. The summed E-state index contributed by atoms with van der Waals surface area (Å²) < 4.78 is 0. The van der Waals surface area contributed by atoms with Crippen LogP contribution in [0.1, 0.15) is 66.2 Å². The van der Waals surface area contributed by atoms with Crippen LogP contribution in [0.4, 0.5) is 0 Å². The Morgan fingerprint density at radius 1 is 0.818 bits per heavy atom. The normalized spacial score (nSPS) is 7.77. The van der Waals surface area contributed by atoms with Crippen LogP contribution < -0.4 is 0 Å². The van der Waals surface area contributed by atoms with E-state index in [2.05, 4.69) is 27.4 Å². The summed E-state index contributed by atoms with van der Waals surface area (Å²) in [5, 5.41) is 32.1. The molecule has 0 saturated heterocycles. The minimum Gasteiger partial charge on any atom is -0.478 e. The number of hydrogen-bond donors (Lipinski definition) is 4. The number of aliphatic hydroxyl groups excluding tert-OH is 3. The molecule has 0 aliphatic heterocycles. The zero-order chi connectivity index (χ0) is 17.5. The molecule has 0 aliphatic rings. The molecule has 6 heteroatoms. The first-order valence-corrected chi connectivity index (χ1v) is 7.60. The van der Waals surface area contributed by atoms with Gasteiger partial charge < -0.3 is 20.4 Å². The smallest absolute Gasteiger partial charge is 0.330 e. The van der Waals surface area contributed by atoms with Gasteiger partial charge in [0, 0.05) is 51.6 Å². The average molecular weight is 400 g/mol. The third kappa shape index (κ3) is 72.3. The van der Waals surface area contributed by atoms with E-state index >= 15 is 0 Å². The van der Waals surface area contributed by atoms with Crippen LogP contribution in [0.5, 0.6) is 0 Å². The molecule has 0 aromatic carbocycles. The minimum absolute atomic E-state index is 0. The Labute approximate surface area is 155 Å². The van der Waals surface area contributed by atoms with Gasteiger partial charge in [-0.25, -0.2) is 4.79 Å². The van der Waals surface area contributed by atoms with E-state index in [1.807, 2.05) is 0 Å². The molecule has 5 nitrogen and oxygen atoms in total. The fraction of sp³-hybridized carbons (Fsp3) is 0.812. The van der Waals surface area contributed by atoms with Gasteiger partial charge in [0.15, 0.2) is 0 Å². The first-order valence-electron chi connectivity index (χ1n) is 7.60. The van der Waals surface area contributed by atoms with E-state index in [-0.39, 0.29) is 31.8 Å². The Bertz CT molecular complexity index is 167. The second kappa shape index (κ2) is 37.3. The van der Waals surface area contributed by atoms with Gasteiger partial charge in [0.05, 0.1) is 0 Å². The molecule has 0 rings (SSSR count). The van der Waals surface area contributed by atoms with Gasteiger partial charge in [0.1, 0.15) is 0 Å². The summed E-state index contributed by atoms with van der Waals surface area (Å²) in [6.45, 7) is 11.8. The van der Waals surface area contributed by atoms with Gasteiger partial charge in [-0.15, -0.1) is 0 Å². The maximum Gasteiger partial charge on any atom is 0.330 e. The third-order valence-electron chi connectivity index (χ3n) is 1.90. The molecular formula is C16H36O5Zr. The van der Waals surface area contributed by atoms with E-state index < -0.39 is 5.97 Å². The van der Waals surface area contributed by atoms with Crippen LogP contribution in [0.2, 0.25) is 0 Å². The van der Waals surface area contributed by atoms with Crippen molar-refractivity contribution in [3.05, 3.63) is 12.2 Å². The molecule has 0 amide bonds. The van der Waals surface area contributed by atoms with Crippen molar-refractivity contribution < 1.29 is 51.4 Å². The minimum atomic E-state index is -0.935. The Kier molecular flexibility index (Phi) is 56.9. The number of rotatable bonds is 7. The van der Waals surface area contributed by atoms with Gasteiger partial charge in [-0.3, -0.25) is 0 Å². The molecule has 0 aromatic rings. The molecule has 4 N–H and O–H groups in total.